The monoisotopic (exact) mass is 404 g/mol. The molecule has 0 aliphatic carbocycles. The lowest BCUT2D eigenvalue weighted by atomic mass is 10.1. The highest BCUT2D eigenvalue weighted by Gasteiger charge is 2.23. The maximum Gasteiger partial charge on any atom is 0.347 e. The van der Waals surface area contributed by atoms with E-state index < -0.39 is 30.1 Å². The van der Waals surface area contributed by atoms with Gasteiger partial charge in [-0.1, -0.05) is 50.5 Å². The fourth-order valence-corrected chi connectivity index (χ4v) is 2.14. The van der Waals surface area contributed by atoms with Gasteiger partial charge in [0.2, 0.25) is 0 Å². The van der Waals surface area contributed by atoms with Crippen LogP contribution in [0.1, 0.15) is 78.6 Å². The average molecular weight is 405 g/mol. The Morgan fingerprint density at radius 1 is 0.966 bits per heavy atom. The Morgan fingerprint density at radius 2 is 1.69 bits per heavy atom. The molecule has 160 valence electrons. The zero-order chi connectivity index (χ0) is 21.9. The van der Waals surface area contributed by atoms with Crippen LogP contribution in [0.2, 0.25) is 0 Å². The van der Waals surface area contributed by atoms with Crippen molar-refractivity contribution in [2.24, 2.45) is 0 Å². The van der Waals surface area contributed by atoms with Crippen molar-refractivity contribution >= 4 is 17.9 Å². The van der Waals surface area contributed by atoms with Crippen LogP contribution in [0.3, 0.4) is 0 Å². The first kappa shape index (κ1) is 26.3. The number of hydrogen-bond acceptors (Lipinski definition) is 5. The second-order valence-corrected chi connectivity index (χ2v) is 6.58. The van der Waals surface area contributed by atoms with Crippen molar-refractivity contribution in [1.82, 2.24) is 0 Å². The van der Waals surface area contributed by atoms with Crippen LogP contribution in [-0.4, -0.2) is 35.2 Å². The second-order valence-electron chi connectivity index (χ2n) is 6.58. The fourth-order valence-electron chi connectivity index (χ4n) is 2.14. The van der Waals surface area contributed by atoms with Crippen molar-refractivity contribution in [2.75, 3.05) is 0 Å². The van der Waals surface area contributed by atoms with Crippen LogP contribution in [-0.2, 0) is 23.9 Å². The molecule has 6 nitrogen and oxygen atoms in total. The summed E-state index contributed by atoms with van der Waals surface area (Å²) in [5.74, 6) is 8.46. The molecule has 0 bridgehead atoms. The van der Waals surface area contributed by atoms with Crippen LogP contribution in [0.5, 0.6) is 0 Å². The van der Waals surface area contributed by atoms with E-state index in [0.717, 1.165) is 6.42 Å². The van der Waals surface area contributed by atoms with E-state index in [2.05, 4.69) is 41.4 Å². The third kappa shape index (κ3) is 16.0. The lowest BCUT2D eigenvalue weighted by molar-refractivity contribution is -0.174. The number of esters is 2. The summed E-state index contributed by atoms with van der Waals surface area (Å²) in [5, 5.41) is 8.68. The van der Waals surface area contributed by atoms with Crippen LogP contribution < -0.4 is 0 Å². The van der Waals surface area contributed by atoms with E-state index in [1.807, 2.05) is 6.08 Å². The predicted octanol–water partition coefficient (Wildman–Crippen LogP) is 4.03. The highest BCUT2D eigenvalue weighted by molar-refractivity contribution is 5.82. The highest BCUT2D eigenvalue weighted by atomic mass is 16.6. The van der Waals surface area contributed by atoms with Gasteiger partial charge >= 0.3 is 17.9 Å². The van der Waals surface area contributed by atoms with Gasteiger partial charge in [-0.2, -0.15) is 0 Å². The topological polar surface area (TPSA) is 89.9 Å². The molecule has 2 unspecified atom stereocenters. The Morgan fingerprint density at radius 3 is 2.38 bits per heavy atom. The summed E-state index contributed by atoms with van der Waals surface area (Å²) in [6.07, 6.45) is 9.83. The Hall–Kier alpha value is -2.73. The number of hydrogen-bond donors (Lipinski definition) is 1. The minimum Gasteiger partial charge on any atom is -0.479 e. The van der Waals surface area contributed by atoms with Gasteiger partial charge < -0.3 is 14.6 Å². The number of carbonyl (C=O) groups is 3. The molecule has 0 spiro atoms. The molecule has 0 aromatic rings. The molecule has 1 N–H and O–H groups in total. The molecule has 0 aromatic heterocycles. The van der Waals surface area contributed by atoms with E-state index in [0.29, 0.717) is 12.8 Å². The van der Waals surface area contributed by atoms with Crippen molar-refractivity contribution in [2.45, 2.75) is 90.8 Å². The molecule has 29 heavy (non-hydrogen) atoms. The Labute approximate surface area is 174 Å². The van der Waals surface area contributed by atoms with Gasteiger partial charge in [0.1, 0.15) is 0 Å². The van der Waals surface area contributed by atoms with E-state index >= 15 is 0 Å². The van der Waals surface area contributed by atoms with Crippen molar-refractivity contribution < 1.29 is 29.0 Å². The van der Waals surface area contributed by atoms with Crippen molar-refractivity contribution in [3.63, 3.8) is 0 Å². The molecule has 0 saturated carbocycles. The summed E-state index contributed by atoms with van der Waals surface area (Å²) in [6.45, 7) is 4.76. The largest absolute Gasteiger partial charge is 0.479 e. The maximum atomic E-state index is 11.7. The number of aliphatic carboxylic acids is 1. The first-order valence-electron chi connectivity index (χ1n) is 10.1. The lowest BCUT2D eigenvalue weighted by Gasteiger charge is -2.14. The van der Waals surface area contributed by atoms with Crippen molar-refractivity contribution in [1.29, 1.82) is 0 Å². The third-order valence-electron chi connectivity index (χ3n) is 3.86. The molecule has 0 rings (SSSR count). The molecule has 0 aliphatic rings. The molecule has 2 atom stereocenters. The maximum absolute atomic E-state index is 11.7. The quantitative estimate of drug-likeness (QED) is 0.283. The van der Waals surface area contributed by atoms with Gasteiger partial charge in [0, 0.05) is 12.8 Å². The van der Waals surface area contributed by atoms with Crippen LogP contribution in [0, 0.1) is 23.7 Å². The zero-order valence-corrected chi connectivity index (χ0v) is 17.7. The normalized spacial score (nSPS) is 12.1. The molecule has 0 aromatic carbocycles. The number of unbranched alkanes of at least 4 members (excludes halogenated alkanes) is 6. The first-order chi connectivity index (χ1) is 13.9. The van der Waals surface area contributed by atoms with Gasteiger partial charge in [-0.15, -0.1) is 0 Å². The summed E-state index contributed by atoms with van der Waals surface area (Å²) >= 11 is 0. The summed E-state index contributed by atoms with van der Waals surface area (Å²) in [4.78, 5) is 33.9. The standard InChI is InChI=1S/C23H32O6/c1-4-5-6-7-8-9-10-11-12-13-14-15-16-17-18-21(24)28-20(3)23(27)29-19(2)22(25)26/h10-11,19-20H,4-9,16-18H2,1-3H3,(H,25,26). The number of carboxylic acids is 1. The van der Waals surface area contributed by atoms with E-state index in [9.17, 15) is 14.4 Å². The minimum atomic E-state index is -1.29. The molecular formula is C23H32O6. The van der Waals surface area contributed by atoms with Crippen LogP contribution >= 0.6 is 0 Å². The molecule has 0 radical (unpaired) electrons. The van der Waals surface area contributed by atoms with E-state index in [-0.39, 0.29) is 6.42 Å². The predicted molar refractivity (Wildman–Crippen MR) is 111 cm³/mol. The Kier molecular flexibility index (Phi) is 15.7. The van der Waals surface area contributed by atoms with Crippen molar-refractivity contribution in [3.05, 3.63) is 12.2 Å². The number of ether oxygens (including phenoxy) is 2. The number of rotatable bonds is 13. The highest BCUT2D eigenvalue weighted by Crippen LogP contribution is 2.05. The van der Waals surface area contributed by atoms with Gasteiger partial charge in [0.05, 0.1) is 0 Å². The molecule has 0 amide bonds. The van der Waals surface area contributed by atoms with E-state index in [4.69, 9.17) is 9.84 Å². The van der Waals surface area contributed by atoms with Crippen LogP contribution in [0.25, 0.3) is 0 Å². The third-order valence-corrected chi connectivity index (χ3v) is 3.86. The van der Waals surface area contributed by atoms with Gasteiger partial charge in [0.25, 0.3) is 0 Å². The summed E-state index contributed by atoms with van der Waals surface area (Å²) in [7, 11) is 0. The summed E-state index contributed by atoms with van der Waals surface area (Å²) in [6, 6.07) is 0. The van der Waals surface area contributed by atoms with Gasteiger partial charge in [-0.25, -0.2) is 9.59 Å². The van der Waals surface area contributed by atoms with Crippen LogP contribution in [0.15, 0.2) is 12.2 Å². The second kappa shape index (κ2) is 17.4. The number of carboxylic acid groups (broad SMARTS) is 1. The van der Waals surface area contributed by atoms with Crippen molar-refractivity contribution in [3.8, 4) is 23.7 Å². The SMILES string of the molecule is CCCCCCCC=CC#CC#CCCCC(=O)OC(C)C(=O)OC(C)C(=O)O. The van der Waals surface area contributed by atoms with Gasteiger partial charge in [-0.05, 0) is 51.0 Å². The Balaban J connectivity index is 3.89. The Bertz CT molecular complexity index is 656. The van der Waals surface area contributed by atoms with Crippen LogP contribution in [0.4, 0.5) is 0 Å². The van der Waals surface area contributed by atoms with E-state index in [1.165, 1.54) is 46.0 Å². The number of carbonyl (C=O) groups excluding carboxylic acids is 2. The molecule has 0 fully saturated rings. The van der Waals surface area contributed by atoms with E-state index in [1.54, 1.807) is 0 Å². The molecule has 6 heteroatoms. The van der Waals surface area contributed by atoms with Gasteiger partial charge in [0.15, 0.2) is 12.2 Å². The molecule has 0 saturated heterocycles. The fraction of sp³-hybridized carbons (Fsp3) is 0.609. The zero-order valence-electron chi connectivity index (χ0n) is 17.7. The first-order valence-corrected chi connectivity index (χ1v) is 10.1. The summed E-state index contributed by atoms with van der Waals surface area (Å²) in [5.41, 5.74) is 0. The molecule has 0 heterocycles. The molecule has 0 aliphatic heterocycles. The average Bonchev–Trinajstić information content (AvgIpc) is 2.67. The summed E-state index contributed by atoms with van der Waals surface area (Å²) < 4.78 is 9.56. The van der Waals surface area contributed by atoms with Gasteiger partial charge in [-0.3, -0.25) is 4.79 Å². The lowest BCUT2D eigenvalue weighted by Crippen LogP contribution is -2.32. The number of allylic oxidation sites excluding steroid dienone is 2. The smallest absolute Gasteiger partial charge is 0.347 e. The molecular weight excluding hydrogens is 372 g/mol. The minimum absolute atomic E-state index is 0.103.